The molecule has 0 spiro atoms. The maximum absolute atomic E-state index is 10.0. The molecule has 1 fully saturated rings. The number of allylic oxidation sites excluding steroid dienone is 1. The van der Waals surface area contributed by atoms with Crippen molar-refractivity contribution < 1.29 is 5.11 Å². The van der Waals surface area contributed by atoms with Crippen LogP contribution in [0, 0.1) is 10.8 Å². The fraction of sp³-hybridized carbons (Fsp3) is 0.846. The Morgan fingerprint density at radius 1 is 1.29 bits per heavy atom. The second kappa shape index (κ2) is 3.10. The maximum atomic E-state index is 10.0. The summed E-state index contributed by atoms with van der Waals surface area (Å²) in [5.74, 6) is 0. The van der Waals surface area contributed by atoms with Crippen LogP contribution < -0.4 is 0 Å². The van der Waals surface area contributed by atoms with Gasteiger partial charge in [-0.25, -0.2) is 0 Å². The molecule has 2 rings (SSSR count). The molecule has 2 atom stereocenters. The van der Waals surface area contributed by atoms with Crippen molar-refractivity contribution in [2.75, 3.05) is 0 Å². The van der Waals surface area contributed by atoms with Gasteiger partial charge in [0.2, 0.25) is 0 Å². The molecule has 14 heavy (non-hydrogen) atoms. The monoisotopic (exact) mass is 194 g/mol. The number of hydrogen-bond acceptors (Lipinski definition) is 1. The Hall–Kier alpha value is -0.300. The Bertz CT molecular complexity index is 264. The van der Waals surface area contributed by atoms with Crippen LogP contribution in [0.4, 0.5) is 0 Å². The highest BCUT2D eigenvalue weighted by Crippen LogP contribution is 2.54. The van der Waals surface area contributed by atoms with Crippen molar-refractivity contribution in [1.29, 1.82) is 0 Å². The van der Waals surface area contributed by atoms with E-state index >= 15 is 0 Å². The van der Waals surface area contributed by atoms with E-state index in [1.54, 1.807) is 0 Å². The molecule has 80 valence electrons. The lowest BCUT2D eigenvalue weighted by Crippen LogP contribution is -2.44. The second-order valence-electron chi connectivity index (χ2n) is 5.85. The molecule has 0 bridgehead atoms. The van der Waals surface area contributed by atoms with Crippen molar-refractivity contribution in [3.8, 4) is 0 Å². The Morgan fingerprint density at radius 2 is 2.00 bits per heavy atom. The molecule has 1 unspecified atom stereocenters. The van der Waals surface area contributed by atoms with E-state index in [9.17, 15) is 5.11 Å². The predicted molar refractivity (Wildman–Crippen MR) is 59.1 cm³/mol. The molecule has 1 heteroatoms. The zero-order chi connectivity index (χ0) is 10.4. The van der Waals surface area contributed by atoms with Crippen LogP contribution in [0.15, 0.2) is 11.6 Å². The van der Waals surface area contributed by atoms with Gasteiger partial charge in [0, 0.05) is 5.41 Å². The standard InChI is InChI=1S/C13H22O/c1-12(2)10-6-4-5-8-13(10,3)9-7-11(12)14/h6,11,14H,4-5,7-9H2,1-3H3/t11?,13-/m0/s1. The van der Waals surface area contributed by atoms with Crippen LogP contribution in [0.1, 0.15) is 52.9 Å². The summed E-state index contributed by atoms with van der Waals surface area (Å²) in [6, 6.07) is 0. The van der Waals surface area contributed by atoms with E-state index in [0.29, 0.717) is 5.41 Å². The zero-order valence-electron chi connectivity index (χ0n) is 9.64. The molecule has 1 saturated carbocycles. The summed E-state index contributed by atoms with van der Waals surface area (Å²) in [5, 5.41) is 10.0. The van der Waals surface area contributed by atoms with Crippen LogP contribution in [0.3, 0.4) is 0 Å². The summed E-state index contributed by atoms with van der Waals surface area (Å²) in [7, 11) is 0. The summed E-state index contributed by atoms with van der Waals surface area (Å²) < 4.78 is 0. The van der Waals surface area contributed by atoms with Crippen LogP contribution in [-0.2, 0) is 0 Å². The molecule has 1 nitrogen and oxygen atoms in total. The summed E-state index contributed by atoms with van der Waals surface area (Å²) >= 11 is 0. The Kier molecular flexibility index (Phi) is 2.26. The van der Waals surface area contributed by atoms with E-state index in [4.69, 9.17) is 0 Å². The first kappa shape index (κ1) is 10.2. The van der Waals surface area contributed by atoms with Crippen molar-refractivity contribution in [1.82, 2.24) is 0 Å². The Morgan fingerprint density at radius 3 is 2.71 bits per heavy atom. The van der Waals surface area contributed by atoms with Crippen LogP contribution in [0.5, 0.6) is 0 Å². The van der Waals surface area contributed by atoms with Gasteiger partial charge in [0.15, 0.2) is 0 Å². The second-order valence-corrected chi connectivity index (χ2v) is 5.85. The van der Waals surface area contributed by atoms with Gasteiger partial charge >= 0.3 is 0 Å². The van der Waals surface area contributed by atoms with Crippen molar-refractivity contribution in [2.24, 2.45) is 10.8 Å². The first-order valence-electron chi connectivity index (χ1n) is 5.86. The highest BCUT2D eigenvalue weighted by atomic mass is 16.3. The summed E-state index contributed by atoms with van der Waals surface area (Å²) in [6.07, 6.45) is 8.25. The molecule has 0 aliphatic heterocycles. The fourth-order valence-corrected chi connectivity index (χ4v) is 3.42. The van der Waals surface area contributed by atoms with Crippen molar-refractivity contribution >= 4 is 0 Å². The van der Waals surface area contributed by atoms with Gasteiger partial charge in [0.05, 0.1) is 6.10 Å². The van der Waals surface area contributed by atoms with E-state index in [-0.39, 0.29) is 11.5 Å². The number of hydrogen-bond donors (Lipinski definition) is 1. The number of aliphatic hydroxyl groups is 1. The first-order valence-corrected chi connectivity index (χ1v) is 5.86. The third kappa shape index (κ3) is 1.33. The molecule has 0 aromatic heterocycles. The van der Waals surface area contributed by atoms with Gasteiger partial charge < -0.3 is 5.11 Å². The molecule has 1 N–H and O–H groups in total. The van der Waals surface area contributed by atoms with Gasteiger partial charge in [0.1, 0.15) is 0 Å². The van der Waals surface area contributed by atoms with Gasteiger partial charge in [-0.15, -0.1) is 0 Å². The predicted octanol–water partition coefficient (Wildman–Crippen LogP) is 3.28. The smallest absolute Gasteiger partial charge is 0.0628 e. The van der Waals surface area contributed by atoms with Crippen molar-refractivity contribution in [3.63, 3.8) is 0 Å². The minimum absolute atomic E-state index is 0.00736. The molecule has 0 heterocycles. The lowest BCUT2D eigenvalue weighted by atomic mass is 9.56. The molecule has 0 saturated heterocycles. The van der Waals surface area contributed by atoms with Crippen LogP contribution >= 0.6 is 0 Å². The van der Waals surface area contributed by atoms with Gasteiger partial charge in [-0.2, -0.15) is 0 Å². The van der Waals surface area contributed by atoms with E-state index in [2.05, 4.69) is 26.8 Å². The van der Waals surface area contributed by atoms with Crippen LogP contribution in [0.25, 0.3) is 0 Å². The molecular formula is C13H22O. The third-order valence-electron chi connectivity index (χ3n) is 4.43. The van der Waals surface area contributed by atoms with E-state index in [1.807, 2.05) is 0 Å². The van der Waals surface area contributed by atoms with Gasteiger partial charge in [0.25, 0.3) is 0 Å². The normalized spacial score (nSPS) is 41.4. The minimum Gasteiger partial charge on any atom is -0.392 e. The van der Waals surface area contributed by atoms with E-state index in [0.717, 1.165) is 6.42 Å². The molecule has 0 radical (unpaired) electrons. The van der Waals surface area contributed by atoms with Gasteiger partial charge in [-0.05, 0) is 37.5 Å². The summed E-state index contributed by atoms with van der Waals surface area (Å²) in [6.45, 7) is 6.78. The number of aliphatic hydroxyl groups excluding tert-OH is 1. The maximum Gasteiger partial charge on any atom is 0.0628 e. The fourth-order valence-electron chi connectivity index (χ4n) is 3.42. The molecule has 2 aliphatic carbocycles. The van der Waals surface area contributed by atoms with Crippen LogP contribution in [0.2, 0.25) is 0 Å². The molecule has 0 aromatic carbocycles. The molecule has 0 aromatic rings. The summed E-state index contributed by atoms with van der Waals surface area (Å²) in [5.41, 5.74) is 1.92. The summed E-state index contributed by atoms with van der Waals surface area (Å²) in [4.78, 5) is 0. The minimum atomic E-state index is -0.139. The highest BCUT2D eigenvalue weighted by Gasteiger charge is 2.46. The number of rotatable bonds is 0. The average Bonchev–Trinajstić information content (AvgIpc) is 2.13. The molecule has 2 aliphatic rings. The number of fused-ring (bicyclic) bond motifs is 1. The highest BCUT2D eigenvalue weighted by molar-refractivity contribution is 5.27. The lowest BCUT2D eigenvalue weighted by Gasteiger charge is -2.50. The topological polar surface area (TPSA) is 20.2 Å². The van der Waals surface area contributed by atoms with E-state index in [1.165, 1.54) is 31.3 Å². The lowest BCUT2D eigenvalue weighted by molar-refractivity contribution is 0.00818. The third-order valence-corrected chi connectivity index (χ3v) is 4.43. The SMILES string of the molecule is CC1(C)C2=CCCC[C@@]2(C)CCC1O. The van der Waals surface area contributed by atoms with Gasteiger partial charge in [-0.1, -0.05) is 32.4 Å². The molecular weight excluding hydrogens is 172 g/mol. The average molecular weight is 194 g/mol. The van der Waals surface area contributed by atoms with Gasteiger partial charge in [-0.3, -0.25) is 0 Å². The zero-order valence-corrected chi connectivity index (χ0v) is 9.64. The van der Waals surface area contributed by atoms with Crippen molar-refractivity contribution in [2.45, 2.75) is 59.0 Å². The quantitative estimate of drug-likeness (QED) is 0.587. The first-order chi connectivity index (χ1) is 6.47. The molecule has 0 amide bonds. The largest absolute Gasteiger partial charge is 0.392 e. The Balaban J connectivity index is 2.39. The van der Waals surface area contributed by atoms with Crippen LogP contribution in [-0.4, -0.2) is 11.2 Å². The van der Waals surface area contributed by atoms with E-state index < -0.39 is 0 Å². The Labute approximate surface area is 87.2 Å². The van der Waals surface area contributed by atoms with Crippen molar-refractivity contribution in [3.05, 3.63) is 11.6 Å².